The van der Waals surface area contributed by atoms with Crippen molar-refractivity contribution in [1.29, 1.82) is 0 Å². The number of amides is 3. The molecule has 1 unspecified atom stereocenters. The molecular formula is C21H29N3O3. The number of aryl methyl sites for hydroxylation is 1. The fourth-order valence-corrected chi connectivity index (χ4v) is 3.80. The summed E-state index contributed by atoms with van der Waals surface area (Å²) in [6.45, 7) is 8.57. The van der Waals surface area contributed by atoms with Crippen molar-refractivity contribution in [3.05, 3.63) is 29.8 Å². The summed E-state index contributed by atoms with van der Waals surface area (Å²) in [5.74, 6) is -0.137. The van der Waals surface area contributed by atoms with E-state index in [0.717, 1.165) is 12.1 Å². The van der Waals surface area contributed by atoms with Gasteiger partial charge in [0.05, 0.1) is 5.92 Å². The molecule has 6 heteroatoms. The summed E-state index contributed by atoms with van der Waals surface area (Å²) >= 11 is 0. The molecule has 3 rings (SSSR count). The largest absolute Gasteiger partial charge is 0.339 e. The SMILES string of the molecule is CCc1ccc(N2CC(C(=O)N3CCN(C(=O)C(C)C)CC3)CC2=O)cc1. The normalized spacial score (nSPS) is 20.5. The Balaban J connectivity index is 1.58. The molecule has 0 aromatic heterocycles. The number of rotatable bonds is 4. The second kappa shape index (κ2) is 8.11. The highest BCUT2D eigenvalue weighted by atomic mass is 16.2. The molecular weight excluding hydrogens is 342 g/mol. The molecule has 0 radical (unpaired) electrons. The van der Waals surface area contributed by atoms with E-state index in [4.69, 9.17) is 0 Å². The van der Waals surface area contributed by atoms with Crippen LogP contribution in [0.25, 0.3) is 0 Å². The van der Waals surface area contributed by atoms with Crippen molar-refractivity contribution in [2.45, 2.75) is 33.6 Å². The highest BCUT2D eigenvalue weighted by molar-refractivity contribution is 6.00. The maximum absolute atomic E-state index is 12.9. The smallest absolute Gasteiger partial charge is 0.228 e. The van der Waals surface area contributed by atoms with Crippen LogP contribution in [0.4, 0.5) is 5.69 Å². The van der Waals surface area contributed by atoms with Gasteiger partial charge in [0, 0.05) is 50.7 Å². The third-order valence-electron chi connectivity index (χ3n) is 5.53. The Morgan fingerprint density at radius 2 is 1.63 bits per heavy atom. The second-order valence-electron chi connectivity index (χ2n) is 7.73. The zero-order chi connectivity index (χ0) is 19.6. The first-order valence-corrected chi connectivity index (χ1v) is 9.87. The summed E-state index contributed by atoms with van der Waals surface area (Å²) in [4.78, 5) is 42.8. The van der Waals surface area contributed by atoms with Gasteiger partial charge in [-0.05, 0) is 24.1 Å². The van der Waals surface area contributed by atoms with E-state index >= 15 is 0 Å². The van der Waals surface area contributed by atoms with Gasteiger partial charge in [-0.3, -0.25) is 14.4 Å². The van der Waals surface area contributed by atoms with Gasteiger partial charge >= 0.3 is 0 Å². The molecule has 0 bridgehead atoms. The third kappa shape index (κ3) is 4.15. The van der Waals surface area contributed by atoms with Gasteiger partial charge in [-0.15, -0.1) is 0 Å². The lowest BCUT2D eigenvalue weighted by Crippen LogP contribution is -2.53. The predicted octanol–water partition coefficient (Wildman–Crippen LogP) is 1.93. The van der Waals surface area contributed by atoms with E-state index in [0.29, 0.717) is 32.7 Å². The molecule has 1 atom stereocenters. The lowest BCUT2D eigenvalue weighted by Gasteiger charge is -2.36. The molecule has 146 valence electrons. The van der Waals surface area contributed by atoms with Gasteiger partial charge in [0.25, 0.3) is 0 Å². The first kappa shape index (κ1) is 19.4. The summed E-state index contributed by atoms with van der Waals surface area (Å²) in [6.07, 6.45) is 1.22. The lowest BCUT2D eigenvalue weighted by molar-refractivity contribution is -0.143. The van der Waals surface area contributed by atoms with E-state index in [2.05, 4.69) is 6.92 Å². The number of piperazine rings is 1. The Labute approximate surface area is 161 Å². The summed E-state index contributed by atoms with van der Waals surface area (Å²) in [5, 5.41) is 0. The lowest BCUT2D eigenvalue weighted by atomic mass is 10.1. The van der Waals surface area contributed by atoms with Gasteiger partial charge in [-0.25, -0.2) is 0 Å². The van der Waals surface area contributed by atoms with Crippen LogP contribution < -0.4 is 4.90 Å². The Bertz CT molecular complexity index is 706. The second-order valence-corrected chi connectivity index (χ2v) is 7.73. The fourth-order valence-electron chi connectivity index (χ4n) is 3.80. The van der Waals surface area contributed by atoms with Gasteiger partial charge in [0.2, 0.25) is 17.7 Å². The number of carbonyl (C=O) groups excluding carboxylic acids is 3. The van der Waals surface area contributed by atoms with Gasteiger partial charge in [-0.2, -0.15) is 0 Å². The molecule has 2 heterocycles. The molecule has 6 nitrogen and oxygen atoms in total. The number of nitrogens with zero attached hydrogens (tertiary/aromatic N) is 3. The van der Waals surface area contributed by atoms with Crippen molar-refractivity contribution < 1.29 is 14.4 Å². The van der Waals surface area contributed by atoms with E-state index in [-0.39, 0.29) is 36.0 Å². The molecule has 2 aliphatic heterocycles. The summed E-state index contributed by atoms with van der Waals surface area (Å²) < 4.78 is 0. The van der Waals surface area contributed by atoms with Gasteiger partial charge in [0.1, 0.15) is 0 Å². The molecule has 0 saturated carbocycles. The van der Waals surface area contributed by atoms with Crippen LogP contribution in [-0.4, -0.2) is 60.2 Å². The number of benzene rings is 1. The van der Waals surface area contributed by atoms with E-state index in [9.17, 15) is 14.4 Å². The number of hydrogen-bond acceptors (Lipinski definition) is 3. The summed E-state index contributed by atoms with van der Waals surface area (Å²) in [5.41, 5.74) is 2.09. The monoisotopic (exact) mass is 371 g/mol. The maximum Gasteiger partial charge on any atom is 0.228 e. The van der Waals surface area contributed by atoms with Crippen LogP contribution in [-0.2, 0) is 20.8 Å². The van der Waals surface area contributed by atoms with E-state index in [1.54, 1.807) is 4.90 Å². The fraction of sp³-hybridized carbons (Fsp3) is 0.571. The van der Waals surface area contributed by atoms with Gasteiger partial charge in [-0.1, -0.05) is 32.9 Å². The zero-order valence-corrected chi connectivity index (χ0v) is 16.5. The Morgan fingerprint density at radius 1 is 1.04 bits per heavy atom. The van der Waals surface area contributed by atoms with E-state index in [1.807, 2.05) is 47.9 Å². The molecule has 0 aliphatic carbocycles. The standard InChI is InChI=1S/C21H29N3O3/c1-4-16-5-7-18(8-6-16)24-14-17(13-19(24)25)21(27)23-11-9-22(10-12-23)20(26)15(2)3/h5-8,15,17H,4,9-14H2,1-3H3. The third-order valence-corrected chi connectivity index (χ3v) is 5.53. The van der Waals surface area contributed by atoms with Gasteiger partial charge in [0.15, 0.2) is 0 Å². The Hall–Kier alpha value is -2.37. The highest BCUT2D eigenvalue weighted by Gasteiger charge is 2.38. The van der Waals surface area contributed by atoms with E-state index < -0.39 is 0 Å². The average molecular weight is 371 g/mol. The van der Waals surface area contributed by atoms with Crippen molar-refractivity contribution in [1.82, 2.24) is 9.80 Å². The molecule has 0 N–H and O–H groups in total. The minimum atomic E-state index is -0.296. The minimum Gasteiger partial charge on any atom is -0.339 e. The van der Waals surface area contributed by atoms with Crippen LogP contribution in [0.5, 0.6) is 0 Å². The Morgan fingerprint density at radius 3 is 2.19 bits per heavy atom. The molecule has 2 aliphatic rings. The first-order valence-electron chi connectivity index (χ1n) is 9.87. The van der Waals surface area contributed by atoms with Crippen molar-refractivity contribution >= 4 is 23.4 Å². The molecule has 27 heavy (non-hydrogen) atoms. The van der Waals surface area contributed by atoms with E-state index in [1.165, 1.54) is 5.56 Å². The van der Waals surface area contributed by atoms with Gasteiger partial charge < -0.3 is 14.7 Å². The predicted molar refractivity (Wildman–Crippen MR) is 104 cm³/mol. The summed E-state index contributed by atoms with van der Waals surface area (Å²) in [7, 11) is 0. The molecule has 1 aromatic carbocycles. The first-order chi connectivity index (χ1) is 12.9. The minimum absolute atomic E-state index is 0.00576. The van der Waals surface area contributed by atoms with Crippen molar-refractivity contribution in [3.63, 3.8) is 0 Å². The van der Waals surface area contributed by atoms with Crippen molar-refractivity contribution in [2.75, 3.05) is 37.6 Å². The van der Waals surface area contributed by atoms with Crippen molar-refractivity contribution in [2.24, 2.45) is 11.8 Å². The topological polar surface area (TPSA) is 60.9 Å². The number of carbonyl (C=O) groups is 3. The van der Waals surface area contributed by atoms with Crippen LogP contribution >= 0.6 is 0 Å². The quantitative estimate of drug-likeness (QED) is 0.813. The van der Waals surface area contributed by atoms with Crippen LogP contribution in [0.15, 0.2) is 24.3 Å². The Kier molecular flexibility index (Phi) is 5.82. The van der Waals surface area contributed by atoms with Crippen LogP contribution in [0.1, 0.15) is 32.8 Å². The highest BCUT2D eigenvalue weighted by Crippen LogP contribution is 2.27. The average Bonchev–Trinajstić information content (AvgIpc) is 3.08. The number of anilines is 1. The molecule has 2 fully saturated rings. The van der Waals surface area contributed by atoms with Crippen LogP contribution in [0.2, 0.25) is 0 Å². The van der Waals surface area contributed by atoms with Crippen molar-refractivity contribution in [3.8, 4) is 0 Å². The summed E-state index contributed by atoms with van der Waals surface area (Å²) in [6, 6.07) is 7.98. The van der Waals surface area contributed by atoms with Crippen LogP contribution in [0.3, 0.4) is 0 Å². The van der Waals surface area contributed by atoms with Crippen LogP contribution in [0, 0.1) is 11.8 Å². The maximum atomic E-state index is 12.9. The number of hydrogen-bond donors (Lipinski definition) is 0. The zero-order valence-electron chi connectivity index (χ0n) is 16.5. The molecule has 0 spiro atoms. The molecule has 1 aromatic rings. The molecule has 3 amide bonds. The molecule has 2 saturated heterocycles.